The summed E-state index contributed by atoms with van der Waals surface area (Å²) in [7, 11) is 3.03. The molecule has 8 nitrogen and oxygen atoms in total. The lowest BCUT2D eigenvalue weighted by Gasteiger charge is -2.13. The van der Waals surface area contributed by atoms with Crippen LogP contribution in [0.3, 0.4) is 0 Å². The molecule has 0 saturated carbocycles. The number of carbonyl (C=O) groups is 2. The first kappa shape index (κ1) is 18.9. The Hall–Kier alpha value is -3.42. The molecule has 0 spiro atoms. The summed E-state index contributed by atoms with van der Waals surface area (Å²) < 4.78 is 5.29. The maximum absolute atomic E-state index is 12.4. The first-order valence-electron chi connectivity index (χ1n) is 7.80. The van der Waals surface area contributed by atoms with E-state index in [-0.39, 0.29) is 12.5 Å². The van der Waals surface area contributed by atoms with Crippen LogP contribution in [0.4, 0.5) is 11.4 Å². The molecule has 136 valence electrons. The molecule has 0 unspecified atom stereocenters. The van der Waals surface area contributed by atoms with E-state index in [0.29, 0.717) is 22.7 Å². The number of carboxylic acid groups (broad SMARTS) is 1. The minimum Gasteiger partial charge on any atom is -0.496 e. The number of anilines is 1. The molecular formula is C18H20N4O4. The molecule has 2 aromatic carbocycles. The van der Waals surface area contributed by atoms with Gasteiger partial charge in [-0.25, -0.2) is 0 Å². The number of benzene rings is 2. The van der Waals surface area contributed by atoms with Crippen LogP contribution in [0.2, 0.25) is 0 Å². The van der Waals surface area contributed by atoms with Crippen LogP contribution < -0.4 is 10.1 Å². The largest absolute Gasteiger partial charge is 0.496 e. The first-order valence-corrected chi connectivity index (χ1v) is 7.80. The van der Waals surface area contributed by atoms with Gasteiger partial charge in [-0.3, -0.25) is 14.6 Å². The predicted molar refractivity (Wildman–Crippen MR) is 96.9 cm³/mol. The van der Waals surface area contributed by atoms with E-state index >= 15 is 0 Å². The summed E-state index contributed by atoms with van der Waals surface area (Å²) >= 11 is 0. The molecule has 0 aliphatic heterocycles. The van der Waals surface area contributed by atoms with Gasteiger partial charge in [0.25, 0.3) is 5.91 Å². The van der Waals surface area contributed by atoms with Crippen LogP contribution in [0.5, 0.6) is 5.75 Å². The van der Waals surface area contributed by atoms with Gasteiger partial charge in [0.15, 0.2) is 0 Å². The van der Waals surface area contributed by atoms with Crippen molar-refractivity contribution >= 4 is 23.3 Å². The van der Waals surface area contributed by atoms with E-state index in [2.05, 4.69) is 15.7 Å². The van der Waals surface area contributed by atoms with Crippen molar-refractivity contribution in [2.75, 3.05) is 26.0 Å². The fourth-order valence-corrected chi connectivity index (χ4v) is 2.21. The van der Waals surface area contributed by atoms with E-state index in [9.17, 15) is 9.59 Å². The Labute approximate surface area is 151 Å². The fourth-order valence-electron chi connectivity index (χ4n) is 2.21. The molecule has 1 amide bonds. The molecule has 0 atom stereocenters. The third kappa shape index (κ3) is 5.04. The summed E-state index contributed by atoms with van der Waals surface area (Å²) in [5, 5.41) is 20.7. The summed E-state index contributed by atoms with van der Waals surface area (Å²) in [6.45, 7) is 1.55. The molecular weight excluding hydrogens is 336 g/mol. The number of ether oxygens (including phenoxy) is 1. The quantitative estimate of drug-likeness (QED) is 0.585. The minimum atomic E-state index is -1.02. The van der Waals surface area contributed by atoms with E-state index in [4.69, 9.17) is 9.84 Å². The van der Waals surface area contributed by atoms with Gasteiger partial charge in [-0.15, -0.1) is 5.11 Å². The monoisotopic (exact) mass is 356 g/mol. The number of nitrogens with one attached hydrogen (secondary N) is 1. The van der Waals surface area contributed by atoms with E-state index in [0.717, 1.165) is 5.56 Å². The Bertz CT molecular complexity index is 821. The molecule has 0 aromatic heterocycles. The fraction of sp³-hybridized carbons (Fsp3) is 0.222. The van der Waals surface area contributed by atoms with Crippen LogP contribution in [0.15, 0.2) is 52.8 Å². The summed E-state index contributed by atoms with van der Waals surface area (Å²) in [6, 6.07) is 12.1. The van der Waals surface area contributed by atoms with E-state index in [1.165, 1.54) is 19.2 Å². The Kier molecular flexibility index (Phi) is 6.26. The van der Waals surface area contributed by atoms with Crippen LogP contribution in [-0.2, 0) is 4.79 Å². The summed E-state index contributed by atoms with van der Waals surface area (Å²) in [5.41, 5.74) is 2.11. The van der Waals surface area contributed by atoms with Gasteiger partial charge in [-0.05, 0) is 30.7 Å². The summed E-state index contributed by atoms with van der Waals surface area (Å²) in [5.74, 6) is -0.729. The molecule has 0 bridgehead atoms. The number of amides is 1. The maximum Gasteiger partial charge on any atom is 0.324 e. The highest BCUT2D eigenvalue weighted by atomic mass is 16.5. The van der Waals surface area contributed by atoms with Crippen LogP contribution in [-0.4, -0.2) is 42.7 Å². The van der Waals surface area contributed by atoms with Crippen molar-refractivity contribution in [1.82, 2.24) is 5.01 Å². The number of aryl methyl sites for hydroxylation is 1. The standard InChI is InChI=1S/C18H20N4O4/c1-12-9-15(20-21-22(2)11-17(23)24)14(10-16(12)26-3)19-18(25)13-7-5-4-6-8-13/h4-10H,11H2,1-3H3,(H,19,25)(H,23,24). The zero-order valence-corrected chi connectivity index (χ0v) is 14.8. The number of carboxylic acids is 1. The number of hydrogen-bond acceptors (Lipinski definition) is 5. The number of methoxy groups -OCH3 is 1. The van der Waals surface area contributed by atoms with E-state index in [1.807, 2.05) is 13.0 Å². The average molecular weight is 356 g/mol. The van der Waals surface area contributed by atoms with Crippen molar-refractivity contribution in [3.05, 3.63) is 53.6 Å². The molecule has 2 rings (SSSR count). The van der Waals surface area contributed by atoms with Crippen LogP contribution in [0, 0.1) is 6.92 Å². The Balaban J connectivity index is 2.32. The maximum atomic E-state index is 12.4. The van der Waals surface area contributed by atoms with Gasteiger partial charge in [-0.1, -0.05) is 23.4 Å². The number of nitrogens with zero attached hydrogens (tertiary/aromatic N) is 3. The molecule has 0 saturated heterocycles. The van der Waals surface area contributed by atoms with Gasteiger partial charge < -0.3 is 15.2 Å². The van der Waals surface area contributed by atoms with Crippen molar-refractivity contribution in [1.29, 1.82) is 0 Å². The molecule has 0 radical (unpaired) electrons. The van der Waals surface area contributed by atoms with Crippen molar-refractivity contribution < 1.29 is 19.4 Å². The minimum absolute atomic E-state index is 0.287. The number of rotatable bonds is 7. The highest BCUT2D eigenvalue weighted by Gasteiger charge is 2.13. The van der Waals surface area contributed by atoms with Gasteiger partial charge in [0.2, 0.25) is 0 Å². The smallest absolute Gasteiger partial charge is 0.324 e. The highest BCUT2D eigenvalue weighted by Crippen LogP contribution is 2.33. The number of hydrogen-bond donors (Lipinski definition) is 2. The summed E-state index contributed by atoms with van der Waals surface area (Å²) in [4.78, 5) is 23.1. The highest BCUT2D eigenvalue weighted by molar-refractivity contribution is 6.05. The lowest BCUT2D eigenvalue weighted by molar-refractivity contribution is -0.138. The number of carbonyl (C=O) groups excluding carboxylic acids is 1. The normalized spacial score (nSPS) is 10.6. The molecule has 2 N–H and O–H groups in total. The van der Waals surface area contributed by atoms with Crippen molar-refractivity contribution in [2.45, 2.75) is 6.92 Å². The van der Waals surface area contributed by atoms with Crippen molar-refractivity contribution in [3.63, 3.8) is 0 Å². The second kappa shape index (κ2) is 8.61. The number of aliphatic carboxylic acids is 1. The SMILES string of the molecule is COc1cc(NC(=O)c2ccccc2)c(N=NN(C)CC(=O)O)cc1C. The number of likely N-dealkylation sites (N-methyl/N-ethyl adjacent to an activating group) is 1. The van der Waals surface area contributed by atoms with E-state index in [1.54, 1.807) is 36.4 Å². The van der Waals surface area contributed by atoms with Crippen molar-refractivity contribution in [3.8, 4) is 5.75 Å². The summed E-state index contributed by atoms with van der Waals surface area (Å²) in [6.07, 6.45) is 0. The second-order valence-electron chi connectivity index (χ2n) is 5.56. The molecule has 8 heteroatoms. The molecule has 0 heterocycles. The van der Waals surface area contributed by atoms with Gasteiger partial charge in [0.1, 0.15) is 18.0 Å². The topological polar surface area (TPSA) is 104 Å². The van der Waals surface area contributed by atoms with Gasteiger partial charge in [0.05, 0.1) is 12.8 Å². The van der Waals surface area contributed by atoms with Crippen LogP contribution in [0.1, 0.15) is 15.9 Å². The third-order valence-corrected chi connectivity index (χ3v) is 3.47. The Morgan fingerprint density at radius 2 is 1.92 bits per heavy atom. The zero-order chi connectivity index (χ0) is 19.1. The van der Waals surface area contributed by atoms with Crippen LogP contribution in [0.25, 0.3) is 0 Å². The van der Waals surface area contributed by atoms with Gasteiger partial charge >= 0.3 is 5.97 Å². The molecule has 26 heavy (non-hydrogen) atoms. The van der Waals surface area contributed by atoms with Crippen LogP contribution >= 0.6 is 0 Å². The van der Waals surface area contributed by atoms with E-state index < -0.39 is 5.97 Å². The second-order valence-corrected chi connectivity index (χ2v) is 5.56. The third-order valence-electron chi connectivity index (χ3n) is 3.47. The molecule has 0 fully saturated rings. The Morgan fingerprint density at radius 1 is 1.23 bits per heavy atom. The molecule has 0 aliphatic carbocycles. The zero-order valence-electron chi connectivity index (χ0n) is 14.8. The lowest BCUT2D eigenvalue weighted by atomic mass is 10.1. The molecule has 0 aliphatic rings. The predicted octanol–water partition coefficient (Wildman–Crippen LogP) is 3.27. The first-order chi connectivity index (χ1) is 12.4. The van der Waals surface area contributed by atoms with Gasteiger partial charge in [-0.2, -0.15) is 0 Å². The van der Waals surface area contributed by atoms with Crippen molar-refractivity contribution in [2.24, 2.45) is 10.3 Å². The average Bonchev–Trinajstić information content (AvgIpc) is 2.61. The van der Waals surface area contributed by atoms with Gasteiger partial charge in [0, 0.05) is 18.7 Å². The lowest BCUT2D eigenvalue weighted by Crippen LogP contribution is -2.19. The Morgan fingerprint density at radius 3 is 2.54 bits per heavy atom. The molecule has 2 aromatic rings.